The second kappa shape index (κ2) is 5.78. The van der Waals surface area contributed by atoms with Crippen molar-refractivity contribution in [3.05, 3.63) is 34.6 Å². The molecule has 124 valence electrons. The van der Waals surface area contributed by atoms with Gasteiger partial charge >= 0.3 is 5.97 Å². The van der Waals surface area contributed by atoms with E-state index >= 15 is 0 Å². The molecule has 0 aliphatic heterocycles. The fourth-order valence-corrected chi connectivity index (χ4v) is 3.76. The van der Waals surface area contributed by atoms with E-state index in [0.29, 0.717) is 18.4 Å². The number of carbonyl (C=O) groups is 2. The van der Waals surface area contributed by atoms with E-state index in [4.69, 9.17) is 11.6 Å². The van der Waals surface area contributed by atoms with E-state index < -0.39 is 28.5 Å². The molecule has 0 saturated heterocycles. The smallest absolute Gasteiger partial charge is 0.319 e. The highest BCUT2D eigenvalue weighted by Gasteiger charge is 2.57. The summed E-state index contributed by atoms with van der Waals surface area (Å²) < 4.78 is 14.5. The van der Waals surface area contributed by atoms with Crippen LogP contribution in [0.1, 0.15) is 44.1 Å². The number of aliphatic carboxylic acids is 1. The molecule has 1 aromatic rings. The van der Waals surface area contributed by atoms with Crippen molar-refractivity contribution >= 4 is 23.5 Å². The molecule has 2 saturated carbocycles. The summed E-state index contributed by atoms with van der Waals surface area (Å²) in [5, 5.41) is 12.0. The lowest BCUT2D eigenvalue weighted by atomic mass is 9.78. The molecule has 0 aromatic heterocycles. The van der Waals surface area contributed by atoms with Crippen molar-refractivity contribution in [2.24, 2.45) is 5.41 Å². The van der Waals surface area contributed by atoms with Crippen LogP contribution in [0.15, 0.2) is 18.2 Å². The Hall–Kier alpha value is -1.62. The second-order valence-electron chi connectivity index (χ2n) is 6.66. The topological polar surface area (TPSA) is 66.4 Å². The summed E-state index contributed by atoms with van der Waals surface area (Å²) in [5.41, 5.74) is -1.26. The molecule has 2 aliphatic carbocycles. The van der Waals surface area contributed by atoms with Crippen LogP contribution in [0.3, 0.4) is 0 Å². The Bertz CT molecular complexity index is 651. The molecule has 0 unspecified atom stereocenters. The molecule has 23 heavy (non-hydrogen) atoms. The maximum Gasteiger partial charge on any atom is 0.319 e. The number of carboxylic acids is 1. The first-order chi connectivity index (χ1) is 10.9. The first-order valence-corrected chi connectivity index (χ1v) is 8.25. The fourth-order valence-electron chi connectivity index (χ4n) is 3.59. The molecule has 0 heterocycles. The minimum absolute atomic E-state index is 0.0734. The van der Waals surface area contributed by atoms with E-state index in [1.54, 1.807) is 12.1 Å². The molecule has 6 heteroatoms. The molecule has 0 radical (unpaired) electrons. The highest BCUT2D eigenvalue weighted by atomic mass is 35.5. The van der Waals surface area contributed by atoms with Gasteiger partial charge in [-0.15, -0.1) is 0 Å². The van der Waals surface area contributed by atoms with E-state index in [1.165, 1.54) is 6.07 Å². The average molecular weight is 340 g/mol. The van der Waals surface area contributed by atoms with Crippen LogP contribution in [0.4, 0.5) is 4.39 Å². The molecule has 1 aromatic carbocycles. The van der Waals surface area contributed by atoms with Gasteiger partial charge in [0.1, 0.15) is 11.2 Å². The van der Waals surface area contributed by atoms with Crippen molar-refractivity contribution in [3.8, 4) is 0 Å². The predicted molar refractivity (Wildman–Crippen MR) is 83.9 cm³/mol. The van der Waals surface area contributed by atoms with Gasteiger partial charge in [-0.25, -0.2) is 4.39 Å². The SMILES string of the molecule is O=C(O)C1(C(=O)NCC2(c3cccc(Cl)c3F)CCCC2)CC1. The third kappa shape index (κ3) is 2.71. The number of hydrogen-bond donors (Lipinski definition) is 2. The third-order valence-electron chi connectivity index (χ3n) is 5.26. The van der Waals surface area contributed by atoms with Crippen molar-refractivity contribution in [1.82, 2.24) is 5.32 Å². The molecule has 0 spiro atoms. The number of halogens is 2. The summed E-state index contributed by atoms with van der Waals surface area (Å²) >= 11 is 5.90. The molecule has 4 nitrogen and oxygen atoms in total. The molecule has 0 atom stereocenters. The predicted octanol–water partition coefficient (Wildman–Crippen LogP) is 3.27. The van der Waals surface area contributed by atoms with Gasteiger partial charge in [0.25, 0.3) is 0 Å². The van der Waals surface area contributed by atoms with Gasteiger partial charge in [0, 0.05) is 12.0 Å². The maximum atomic E-state index is 14.5. The van der Waals surface area contributed by atoms with Gasteiger partial charge in [0.15, 0.2) is 0 Å². The molecule has 2 N–H and O–H groups in total. The van der Waals surface area contributed by atoms with Gasteiger partial charge in [-0.2, -0.15) is 0 Å². The maximum absolute atomic E-state index is 14.5. The van der Waals surface area contributed by atoms with Crippen molar-refractivity contribution in [2.75, 3.05) is 6.54 Å². The van der Waals surface area contributed by atoms with Gasteiger partial charge in [0.05, 0.1) is 5.02 Å². The van der Waals surface area contributed by atoms with Crippen LogP contribution in [-0.4, -0.2) is 23.5 Å². The molecular weight excluding hydrogens is 321 g/mol. The van der Waals surface area contributed by atoms with Crippen molar-refractivity contribution in [2.45, 2.75) is 43.9 Å². The zero-order valence-electron chi connectivity index (χ0n) is 12.7. The third-order valence-corrected chi connectivity index (χ3v) is 5.56. The molecule has 2 aliphatic rings. The highest BCUT2D eigenvalue weighted by Crippen LogP contribution is 2.47. The quantitative estimate of drug-likeness (QED) is 0.809. The van der Waals surface area contributed by atoms with Gasteiger partial charge in [0.2, 0.25) is 5.91 Å². The summed E-state index contributed by atoms with van der Waals surface area (Å²) in [6.07, 6.45) is 4.15. The van der Waals surface area contributed by atoms with Crippen LogP contribution in [0.25, 0.3) is 0 Å². The average Bonchev–Trinajstić information content (AvgIpc) is 3.21. The number of amides is 1. The van der Waals surface area contributed by atoms with Gasteiger partial charge < -0.3 is 10.4 Å². The van der Waals surface area contributed by atoms with Gasteiger partial charge in [-0.3, -0.25) is 9.59 Å². The van der Waals surface area contributed by atoms with E-state index in [9.17, 15) is 19.1 Å². The first kappa shape index (κ1) is 16.2. The number of nitrogens with one attached hydrogen (secondary N) is 1. The summed E-state index contributed by atoms with van der Waals surface area (Å²) in [6, 6.07) is 4.93. The molecule has 3 rings (SSSR count). The van der Waals surface area contributed by atoms with Crippen molar-refractivity contribution < 1.29 is 19.1 Å². The molecule has 1 amide bonds. The Morgan fingerprint density at radius 2 is 1.87 bits per heavy atom. The first-order valence-electron chi connectivity index (χ1n) is 7.88. The van der Waals surface area contributed by atoms with Crippen LogP contribution in [0.5, 0.6) is 0 Å². The van der Waals surface area contributed by atoms with Crippen LogP contribution in [0, 0.1) is 11.2 Å². The Morgan fingerprint density at radius 1 is 1.22 bits per heavy atom. The normalized spacial score (nSPS) is 21.0. The summed E-state index contributed by atoms with van der Waals surface area (Å²) in [5.74, 6) is -1.98. The molecule has 2 fully saturated rings. The van der Waals surface area contributed by atoms with Gasteiger partial charge in [-0.1, -0.05) is 36.6 Å². The molecular formula is C17H19ClFNO3. The molecule has 0 bridgehead atoms. The number of carbonyl (C=O) groups excluding carboxylic acids is 1. The summed E-state index contributed by atoms with van der Waals surface area (Å²) in [7, 11) is 0. The largest absolute Gasteiger partial charge is 0.480 e. The van der Waals surface area contributed by atoms with E-state index in [-0.39, 0.29) is 11.6 Å². The lowest BCUT2D eigenvalue weighted by molar-refractivity contribution is -0.149. The number of hydrogen-bond acceptors (Lipinski definition) is 2. The van der Waals surface area contributed by atoms with Crippen LogP contribution in [-0.2, 0) is 15.0 Å². The number of rotatable bonds is 5. The fraction of sp³-hybridized carbons (Fsp3) is 0.529. The van der Waals surface area contributed by atoms with Crippen molar-refractivity contribution in [3.63, 3.8) is 0 Å². The standard InChI is InChI=1S/C17H19ClFNO3/c18-12-5-3-4-11(13(12)19)16(6-1-2-7-16)10-20-14(21)17(8-9-17)15(22)23/h3-5H,1-2,6-10H2,(H,20,21)(H,22,23). The van der Waals surface area contributed by atoms with Gasteiger partial charge in [-0.05, 0) is 37.3 Å². The van der Waals surface area contributed by atoms with Crippen molar-refractivity contribution in [1.29, 1.82) is 0 Å². The summed E-state index contributed by atoms with van der Waals surface area (Å²) in [6.45, 7) is 0.248. The zero-order chi connectivity index (χ0) is 16.7. The monoisotopic (exact) mass is 339 g/mol. The second-order valence-corrected chi connectivity index (χ2v) is 7.07. The Labute approximate surface area is 139 Å². The Balaban J connectivity index is 1.81. The highest BCUT2D eigenvalue weighted by molar-refractivity contribution is 6.30. The van der Waals surface area contributed by atoms with E-state index in [1.807, 2.05) is 0 Å². The lowest BCUT2D eigenvalue weighted by Gasteiger charge is -2.31. The van der Waals surface area contributed by atoms with E-state index in [2.05, 4.69) is 5.32 Å². The Morgan fingerprint density at radius 3 is 2.43 bits per heavy atom. The number of benzene rings is 1. The van der Waals surface area contributed by atoms with E-state index in [0.717, 1.165) is 25.7 Å². The van der Waals surface area contributed by atoms with Crippen LogP contribution in [0.2, 0.25) is 5.02 Å². The summed E-state index contributed by atoms with van der Waals surface area (Å²) in [4.78, 5) is 23.5. The lowest BCUT2D eigenvalue weighted by Crippen LogP contribution is -2.44. The number of carboxylic acid groups (broad SMARTS) is 1. The van der Waals surface area contributed by atoms with Crippen LogP contribution >= 0.6 is 11.6 Å². The Kier molecular flexibility index (Phi) is 4.08. The zero-order valence-corrected chi connectivity index (χ0v) is 13.5. The van der Waals surface area contributed by atoms with Crippen LogP contribution < -0.4 is 5.32 Å². The minimum atomic E-state index is -1.27. The minimum Gasteiger partial charge on any atom is -0.480 e.